The van der Waals surface area contributed by atoms with Gasteiger partial charge in [-0.05, 0) is 50.9 Å². The maximum atomic E-state index is 11.0. The molecule has 0 radical (unpaired) electrons. The molecule has 0 aromatic carbocycles. The van der Waals surface area contributed by atoms with E-state index >= 15 is 0 Å². The minimum absolute atomic E-state index is 0.311. The van der Waals surface area contributed by atoms with E-state index in [1.165, 1.54) is 32.1 Å². The van der Waals surface area contributed by atoms with Crippen molar-refractivity contribution in [3.63, 3.8) is 0 Å². The molecule has 118 valence electrons. The fourth-order valence-corrected chi connectivity index (χ4v) is 3.44. The first-order chi connectivity index (χ1) is 9.36. The SMILES string of the molecule is CC([C@H]1CC[C@H](CCCCO)CC1)C(C)(C)OC(N)=O. The van der Waals surface area contributed by atoms with Crippen molar-refractivity contribution in [2.24, 2.45) is 23.5 Å². The van der Waals surface area contributed by atoms with E-state index in [0.29, 0.717) is 18.4 Å². The smallest absolute Gasteiger partial charge is 0.405 e. The lowest BCUT2D eigenvalue weighted by Crippen LogP contribution is -2.41. The largest absolute Gasteiger partial charge is 0.443 e. The third kappa shape index (κ3) is 5.31. The Bertz CT molecular complexity index is 296. The molecule has 1 atom stereocenters. The van der Waals surface area contributed by atoms with Crippen LogP contribution in [0, 0.1) is 17.8 Å². The summed E-state index contributed by atoms with van der Waals surface area (Å²) in [5.74, 6) is 1.75. The number of primary amides is 1. The van der Waals surface area contributed by atoms with Gasteiger partial charge in [-0.25, -0.2) is 4.79 Å². The molecule has 4 nitrogen and oxygen atoms in total. The Morgan fingerprint density at radius 3 is 2.40 bits per heavy atom. The van der Waals surface area contributed by atoms with Crippen LogP contribution in [0.5, 0.6) is 0 Å². The Balaban J connectivity index is 2.38. The second-order valence-electron chi connectivity index (χ2n) is 6.81. The highest BCUT2D eigenvalue weighted by Gasteiger charge is 2.36. The number of carbonyl (C=O) groups excluding carboxylic acids is 1. The zero-order chi connectivity index (χ0) is 15.2. The van der Waals surface area contributed by atoms with Crippen molar-refractivity contribution in [3.8, 4) is 0 Å². The van der Waals surface area contributed by atoms with Crippen LogP contribution < -0.4 is 5.73 Å². The summed E-state index contributed by atoms with van der Waals surface area (Å²) < 4.78 is 5.27. The number of amides is 1. The number of ether oxygens (including phenoxy) is 1. The first-order valence-corrected chi connectivity index (χ1v) is 7.96. The fourth-order valence-electron chi connectivity index (χ4n) is 3.44. The summed E-state index contributed by atoms with van der Waals surface area (Å²) in [5, 5.41) is 8.82. The first-order valence-electron chi connectivity index (χ1n) is 7.96. The molecule has 0 aromatic heterocycles. The van der Waals surface area contributed by atoms with Crippen molar-refractivity contribution in [1.29, 1.82) is 0 Å². The summed E-state index contributed by atoms with van der Waals surface area (Å²) in [5.41, 5.74) is 4.67. The summed E-state index contributed by atoms with van der Waals surface area (Å²) in [6.45, 7) is 6.39. The van der Waals surface area contributed by atoms with Gasteiger partial charge >= 0.3 is 6.09 Å². The molecule has 1 aliphatic rings. The molecule has 1 rings (SSSR count). The van der Waals surface area contributed by atoms with Crippen LogP contribution in [0.2, 0.25) is 0 Å². The number of nitrogens with two attached hydrogens (primary N) is 1. The molecular weight excluding hydrogens is 254 g/mol. The zero-order valence-electron chi connectivity index (χ0n) is 13.2. The highest BCUT2D eigenvalue weighted by Crippen LogP contribution is 2.40. The fraction of sp³-hybridized carbons (Fsp3) is 0.938. The van der Waals surface area contributed by atoms with Crippen molar-refractivity contribution in [2.45, 2.75) is 71.3 Å². The number of carbonyl (C=O) groups is 1. The number of aliphatic hydroxyl groups excluding tert-OH is 1. The summed E-state index contributed by atoms with van der Waals surface area (Å²) in [6, 6.07) is 0. The maximum absolute atomic E-state index is 11.0. The number of unbranched alkanes of at least 4 members (excludes halogenated alkanes) is 1. The third-order valence-electron chi connectivity index (χ3n) is 5.08. The molecule has 0 aliphatic heterocycles. The molecule has 1 amide bonds. The summed E-state index contributed by atoms with van der Waals surface area (Å²) in [6.07, 6.45) is 7.54. The molecule has 1 aliphatic carbocycles. The second kappa shape index (κ2) is 7.87. The molecule has 0 aromatic rings. The molecule has 20 heavy (non-hydrogen) atoms. The van der Waals surface area contributed by atoms with E-state index in [2.05, 4.69) is 6.92 Å². The van der Waals surface area contributed by atoms with Crippen LogP contribution in [0.1, 0.15) is 65.7 Å². The Morgan fingerprint density at radius 1 is 1.30 bits per heavy atom. The average Bonchev–Trinajstić information content (AvgIpc) is 2.37. The lowest BCUT2D eigenvalue weighted by Gasteiger charge is -2.39. The lowest BCUT2D eigenvalue weighted by atomic mass is 9.70. The van der Waals surface area contributed by atoms with E-state index < -0.39 is 11.7 Å². The molecule has 1 fully saturated rings. The Labute approximate surface area is 123 Å². The van der Waals surface area contributed by atoms with E-state index in [9.17, 15) is 4.79 Å². The van der Waals surface area contributed by atoms with Crippen LogP contribution in [0.25, 0.3) is 0 Å². The van der Waals surface area contributed by atoms with Crippen molar-refractivity contribution < 1.29 is 14.6 Å². The Hall–Kier alpha value is -0.770. The minimum Gasteiger partial charge on any atom is -0.443 e. The Morgan fingerprint density at radius 2 is 1.90 bits per heavy atom. The summed E-state index contributed by atoms with van der Waals surface area (Å²) >= 11 is 0. The minimum atomic E-state index is -0.681. The van der Waals surface area contributed by atoms with Gasteiger partial charge in [0, 0.05) is 6.61 Å². The number of hydrogen-bond acceptors (Lipinski definition) is 3. The first kappa shape index (κ1) is 17.3. The molecule has 3 N–H and O–H groups in total. The van der Waals surface area contributed by atoms with Gasteiger partial charge in [-0.1, -0.05) is 32.6 Å². The Kier molecular flexibility index (Phi) is 6.80. The molecule has 0 spiro atoms. The van der Waals surface area contributed by atoms with Crippen molar-refractivity contribution in [2.75, 3.05) is 6.61 Å². The topological polar surface area (TPSA) is 72.6 Å². The second-order valence-corrected chi connectivity index (χ2v) is 6.81. The van der Waals surface area contributed by atoms with Crippen LogP contribution >= 0.6 is 0 Å². The van der Waals surface area contributed by atoms with E-state index in [1.54, 1.807) is 0 Å². The molecule has 4 heteroatoms. The van der Waals surface area contributed by atoms with Gasteiger partial charge in [0.05, 0.1) is 0 Å². The predicted octanol–water partition coefficient (Wildman–Crippen LogP) is 3.47. The highest BCUT2D eigenvalue weighted by molar-refractivity contribution is 5.65. The van der Waals surface area contributed by atoms with Gasteiger partial charge in [-0.2, -0.15) is 0 Å². The lowest BCUT2D eigenvalue weighted by molar-refractivity contribution is -0.0252. The molecule has 1 unspecified atom stereocenters. The molecule has 1 saturated carbocycles. The molecular formula is C16H31NO3. The molecule has 0 saturated heterocycles. The van der Waals surface area contributed by atoms with Crippen LogP contribution in [0.4, 0.5) is 4.79 Å². The van der Waals surface area contributed by atoms with E-state index in [1.807, 2.05) is 13.8 Å². The molecule has 0 heterocycles. The third-order valence-corrected chi connectivity index (χ3v) is 5.08. The summed E-state index contributed by atoms with van der Waals surface area (Å²) in [4.78, 5) is 11.0. The van der Waals surface area contributed by atoms with Crippen molar-refractivity contribution >= 4 is 6.09 Å². The van der Waals surface area contributed by atoms with E-state index in [4.69, 9.17) is 15.6 Å². The number of hydrogen-bond donors (Lipinski definition) is 2. The van der Waals surface area contributed by atoms with Gasteiger partial charge in [0.2, 0.25) is 0 Å². The van der Waals surface area contributed by atoms with E-state index in [0.717, 1.165) is 18.8 Å². The number of rotatable bonds is 7. The number of aliphatic hydroxyl groups is 1. The predicted molar refractivity (Wildman–Crippen MR) is 80.3 cm³/mol. The zero-order valence-corrected chi connectivity index (χ0v) is 13.2. The van der Waals surface area contributed by atoms with Gasteiger partial charge in [-0.15, -0.1) is 0 Å². The normalized spacial score (nSPS) is 25.2. The molecule has 0 bridgehead atoms. The van der Waals surface area contributed by atoms with Crippen LogP contribution in [-0.2, 0) is 4.74 Å². The average molecular weight is 285 g/mol. The van der Waals surface area contributed by atoms with Crippen LogP contribution in [0.15, 0.2) is 0 Å². The van der Waals surface area contributed by atoms with Crippen molar-refractivity contribution in [3.05, 3.63) is 0 Å². The van der Waals surface area contributed by atoms with Crippen LogP contribution in [-0.4, -0.2) is 23.4 Å². The monoisotopic (exact) mass is 285 g/mol. The van der Waals surface area contributed by atoms with Gasteiger partial charge < -0.3 is 15.6 Å². The summed E-state index contributed by atoms with van der Waals surface area (Å²) in [7, 11) is 0. The maximum Gasteiger partial charge on any atom is 0.405 e. The van der Waals surface area contributed by atoms with E-state index in [-0.39, 0.29) is 0 Å². The highest BCUT2D eigenvalue weighted by atomic mass is 16.6. The van der Waals surface area contributed by atoms with Gasteiger partial charge in [0.15, 0.2) is 0 Å². The standard InChI is InChI=1S/C16H31NO3/c1-12(16(2,3)20-15(17)19)14-9-7-13(8-10-14)6-4-5-11-18/h12-14,18H,4-11H2,1-3H3,(H2,17,19)/t12?,13-,14-. The quantitative estimate of drug-likeness (QED) is 0.703. The van der Waals surface area contributed by atoms with Gasteiger partial charge in [0.1, 0.15) is 5.60 Å². The van der Waals surface area contributed by atoms with Gasteiger partial charge in [-0.3, -0.25) is 0 Å². The van der Waals surface area contributed by atoms with Crippen molar-refractivity contribution in [1.82, 2.24) is 0 Å². The van der Waals surface area contributed by atoms with Crippen LogP contribution in [0.3, 0.4) is 0 Å². The van der Waals surface area contributed by atoms with Gasteiger partial charge in [0.25, 0.3) is 0 Å².